The fourth-order valence-corrected chi connectivity index (χ4v) is 2.97. The molecule has 2 rings (SSSR count). The van der Waals surface area contributed by atoms with Gasteiger partial charge in [0.05, 0.1) is 5.56 Å². The Hall–Kier alpha value is -3.36. The first-order valence-corrected chi connectivity index (χ1v) is 9.40. The van der Waals surface area contributed by atoms with Crippen molar-refractivity contribution < 1.29 is 19.4 Å². The van der Waals surface area contributed by atoms with Gasteiger partial charge in [0.2, 0.25) is 0 Å². The van der Waals surface area contributed by atoms with Gasteiger partial charge < -0.3 is 19.7 Å². The van der Waals surface area contributed by atoms with Crippen molar-refractivity contribution in [3.05, 3.63) is 56.4 Å². The molecule has 0 unspecified atom stereocenters. The van der Waals surface area contributed by atoms with Crippen LogP contribution in [0.3, 0.4) is 0 Å². The fourth-order valence-electron chi connectivity index (χ4n) is 2.97. The van der Waals surface area contributed by atoms with Crippen molar-refractivity contribution in [1.82, 2.24) is 14.5 Å². The third-order valence-corrected chi connectivity index (χ3v) is 4.63. The number of hydrogen-bond acceptors (Lipinski definition) is 5. The normalized spacial score (nSPS) is 12.3. The van der Waals surface area contributed by atoms with Gasteiger partial charge in [-0.05, 0) is 38.8 Å². The minimum Gasteiger partial charge on any atom is -0.480 e. The molecular weight excluding hydrogens is 390 g/mol. The molecule has 0 radical (unpaired) electrons. The van der Waals surface area contributed by atoms with E-state index in [2.05, 4.69) is 5.32 Å². The van der Waals surface area contributed by atoms with Gasteiger partial charge in [-0.25, -0.2) is 14.4 Å². The highest BCUT2D eigenvalue weighted by Gasteiger charge is 2.24. The summed E-state index contributed by atoms with van der Waals surface area (Å²) in [6.07, 6.45) is -0.769. The summed E-state index contributed by atoms with van der Waals surface area (Å²) in [6, 6.07) is 5.59. The van der Waals surface area contributed by atoms with Gasteiger partial charge in [0.1, 0.15) is 11.6 Å². The van der Waals surface area contributed by atoms with Crippen LogP contribution in [0.15, 0.2) is 33.9 Å². The lowest BCUT2D eigenvalue weighted by atomic mass is 10.0. The third kappa shape index (κ3) is 5.16. The Balaban J connectivity index is 2.28. The van der Waals surface area contributed by atoms with Gasteiger partial charge in [0, 0.05) is 26.2 Å². The molecule has 0 aliphatic heterocycles. The average molecular weight is 417 g/mol. The monoisotopic (exact) mass is 417 g/mol. The van der Waals surface area contributed by atoms with E-state index in [4.69, 9.17) is 4.74 Å². The van der Waals surface area contributed by atoms with E-state index in [0.29, 0.717) is 22.4 Å². The summed E-state index contributed by atoms with van der Waals surface area (Å²) in [6.45, 7) is 6.75. The number of ether oxygens (including phenoxy) is 1. The van der Waals surface area contributed by atoms with E-state index in [1.54, 1.807) is 59.0 Å². The first-order chi connectivity index (χ1) is 13.8. The topological polar surface area (TPSA) is 120 Å². The maximum atomic E-state index is 12.6. The number of benzene rings is 1. The second-order valence-corrected chi connectivity index (χ2v) is 8.10. The second-order valence-electron chi connectivity index (χ2n) is 8.10. The van der Waals surface area contributed by atoms with Gasteiger partial charge in [-0.2, -0.15) is 0 Å². The summed E-state index contributed by atoms with van der Waals surface area (Å²) in [7, 11) is 3.01. The van der Waals surface area contributed by atoms with Crippen LogP contribution in [-0.2, 0) is 30.0 Å². The molecule has 0 aliphatic carbocycles. The quantitative estimate of drug-likeness (QED) is 0.762. The molecule has 0 fully saturated rings. The summed E-state index contributed by atoms with van der Waals surface area (Å²) in [5.74, 6) is -1.19. The number of carboxylic acids is 1. The molecule has 2 N–H and O–H groups in total. The van der Waals surface area contributed by atoms with Gasteiger partial charge in [0.15, 0.2) is 0 Å². The molecule has 9 heteroatoms. The lowest BCUT2D eigenvalue weighted by Crippen LogP contribution is -2.44. The fraction of sp³-hybridized carbons (Fsp3) is 0.429. The Kier molecular flexibility index (Phi) is 6.54. The van der Waals surface area contributed by atoms with Gasteiger partial charge in [-0.1, -0.05) is 24.3 Å². The zero-order valence-electron chi connectivity index (χ0n) is 18.0. The number of aliphatic carboxylic acids is 1. The van der Waals surface area contributed by atoms with Crippen LogP contribution in [0.1, 0.15) is 32.0 Å². The van der Waals surface area contributed by atoms with Crippen LogP contribution in [0.4, 0.5) is 4.79 Å². The highest BCUT2D eigenvalue weighted by Crippen LogP contribution is 2.19. The summed E-state index contributed by atoms with van der Waals surface area (Å²) < 4.78 is 7.55. The number of nitrogens with one attached hydrogen (secondary N) is 1. The second kappa shape index (κ2) is 8.56. The maximum absolute atomic E-state index is 12.6. The molecule has 0 saturated heterocycles. The molecule has 0 spiro atoms. The standard InChI is InChI=1S/C21H27N3O6/c1-12-16(17(25)24(6)20(29)23(12)5)14-9-7-13(8-10-14)11-15(18(26)27)22-19(28)30-21(2,3)4/h7-10,15H,11H2,1-6H3,(H,22,28)(H,26,27)/t15-/m0/s1. The minimum absolute atomic E-state index is 0.0408. The zero-order chi connectivity index (χ0) is 22.8. The van der Waals surface area contributed by atoms with Crippen LogP contribution in [0, 0.1) is 6.92 Å². The number of nitrogens with zero attached hydrogens (tertiary/aromatic N) is 2. The molecule has 30 heavy (non-hydrogen) atoms. The molecule has 2 aromatic rings. The molecule has 1 aromatic heterocycles. The van der Waals surface area contributed by atoms with Crippen molar-refractivity contribution in [3.63, 3.8) is 0 Å². The van der Waals surface area contributed by atoms with Crippen molar-refractivity contribution >= 4 is 12.1 Å². The van der Waals surface area contributed by atoms with E-state index in [1.165, 1.54) is 11.6 Å². The lowest BCUT2D eigenvalue weighted by Gasteiger charge is -2.22. The van der Waals surface area contributed by atoms with Gasteiger partial charge in [-0.3, -0.25) is 9.36 Å². The number of carbonyl (C=O) groups excluding carboxylic acids is 1. The third-order valence-electron chi connectivity index (χ3n) is 4.63. The first-order valence-electron chi connectivity index (χ1n) is 9.40. The molecular formula is C21H27N3O6. The summed E-state index contributed by atoms with van der Waals surface area (Å²) in [4.78, 5) is 48.0. The van der Waals surface area contributed by atoms with Crippen LogP contribution >= 0.6 is 0 Å². The van der Waals surface area contributed by atoms with Crippen molar-refractivity contribution in [2.75, 3.05) is 0 Å². The van der Waals surface area contributed by atoms with Crippen molar-refractivity contribution in [1.29, 1.82) is 0 Å². The van der Waals surface area contributed by atoms with Crippen molar-refractivity contribution in [3.8, 4) is 11.1 Å². The predicted molar refractivity (Wildman–Crippen MR) is 112 cm³/mol. The number of carbonyl (C=O) groups is 2. The molecule has 0 saturated carbocycles. The highest BCUT2D eigenvalue weighted by atomic mass is 16.6. The van der Waals surface area contributed by atoms with Crippen molar-refractivity contribution in [2.24, 2.45) is 14.1 Å². The molecule has 1 aromatic carbocycles. The molecule has 0 aliphatic rings. The number of carboxylic acid groups (broad SMARTS) is 1. The summed E-state index contributed by atoms with van der Waals surface area (Å²) >= 11 is 0. The Bertz CT molecular complexity index is 1070. The average Bonchev–Trinajstić information content (AvgIpc) is 2.64. The molecule has 9 nitrogen and oxygen atoms in total. The molecule has 0 bridgehead atoms. The van der Waals surface area contributed by atoms with Crippen LogP contribution in [-0.4, -0.2) is 37.9 Å². The molecule has 1 heterocycles. The van der Waals surface area contributed by atoms with Gasteiger partial charge >= 0.3 is 17.8 Å². The molecule has 162 valence electrons. The summed E-state index contributed by atoms with van der Waals surface area (Å²) in [5, 5.41) is 11.8. The largest absolute Gasteiger partial charge is 0.480 e. The Morgan fingerprint density at radius 1 is 1.10 bits per heavy atom. The maximum Gasteiger partial charge on any atom is 0.408 e. The van der Waals surface area contributed by atoms with Gasteiger partial charge in [-0.15, -0.1) is 0 Å². The molecule has 1 amide bonds. The number of amides is 1. The first kappa shape index (κ1) is 22.9. The van der Waals surface area contributed by atoms with Crippen LogP contribution in [0.5, 0.6) is 0 Å². The predicted octanol–water partition coefficient (Wildman–Crippen LogP) is 1.58. The Morgan fingerprint density at radius 2 is 1.67 bits per heavy atom. The minimum atomic E-state index is -1.19. The summed E-state index contributed by atoms with van der Waals surface area (Å²) in [5.41, 5.74) is 0.641. The van der Waals surface area contributed by atoms with E-state index >= 15 is 0 Å². The zero-order valence-corrected chi connectivity index (χ0v) is 18.0. The van der Waals surface area contributed by atoms with E-state index < -0.39 is 35.0 Å². The number of alkyl carbamates (subject to hydrolysis) is 1. The number of aromatic nitrogens is 2. The van der Waals surface area contributed by atoms with Crippen LogP contribution in [0.2, 0.25) is 0 Å². The number of hydrogen-bond donors (Lipinski definition) is 2. The van der Waals surface area contributed by atoms with E-state index in [0.717, 1.165) is 4.57 Å². The smallest absolute Gasteiger partial charge is 0.408 e. The van der Waals surface area contributed by atoms with E-state index in [9.17, 15) is 24.3 Å². The lowest BCUT2D eigenvalue weighted by molar-refractivity contribution is -0.139. The van der Waals surface area contributed by atoms with Crippen LogP contribution in [0.25, 0.3) is 11.1 Å². The van der Waals surface area contributed by atoms with E-state index in [1.807, 2.05) is 0 Å². The Morgan fingerprint density at radius 3 is 2.17 bits per heavy atom. The van der Waals surface area contributed by atoms with Crippen LogP contribution < -0.4 is 16.6 Å². The highest BCUT2D eigenvalue weighted by molar-refractivity contribution is 5.80. The van der Waals surface area contributed by atoms with E-state index in [-0.39, 0.29) is 6.42 Å². The van der Waals surface area contributed by atoms with Gasteiger partial charge in [0.25, 0.3) is 5.56 Å². The van der Waals surface area contributed by atoms with Crippen molar-refractivity contribution in [2.45, 2.75) is 45.8 Å². The Labute approximate surface area is 173 Å². The molecule has 1 atom stereocenters. The number of rotatable bonds is 5. The SMILES string of the molecule is Cc1c(-c2ccc(C[C@H](NC(=O)OC(C)(C)C)C(=O)O)cc2)c(=O)n(C)c(=O)n1C.